The van der Waals surface area contributed by atoms with E-state index in [0.29, 0.717) is 10.5 Å². The summed E-state index contributed by atoms with van der Waals surface area (Å²) in [5.41, 5.74) is 1.73. The maximum atomic E-state index is 12.5. The lowest BCUT2D eigenvalue weighted by Gasteiger charge is -2.09. The summed E-state index contributed by atoms with van der Waals surface area (Å²) in [6, 6.07) is 7.77. The molecule has 0 saturated heterocycles. The van der Waals surface area contributed by atoms with Crippen molar-refractivity contribution in [3.63, 3.8) is 0 Å². The first kappa shape index (κ1) is 18.4. The maximum absolute atomic E-state index is 12.5. The molecule has 0 aliphatic rings. The van der Waals surface area contributed by atoms with Crippen LogP contribution in [0.5, 0.6) is 0 Å². The Hall–Kier alpha value is -2.36. The van der Waals surface area contributed by atoms with Crippen molar-refractivity contribution in [1.29, 1.82) is 0 Å². The van der Waals surface area contributed by atoms with Crippen molar-refractivity contribution in [2.24, 2.45) is 7.05 Å². The average molecular weight is 376 g/mol. The van der Waals surface area contributed by atoms with Crippen molar-refractivity contribution in [2.75, 3.05) is 12.4 Å². The Balaban J connectivity index is 2.13. The number of thioether (sulfide) groups is 1. The smallest absolute Gasteiger partial charge is 0.329 e. The van der Waals surface area contributed by atoms with Crippen molar-refractivity contribution in [1.82, 2.24) is 19.3 Å². The standard InChI is InChI=1S/C17H20N4O4S/c1-10-3-5-11(6-4-10)7-21-14-13(15(24)18-17(21)25)20(2)19-16(14)26-9-12(23)8-22/h3-6,12,22-23H,7-9H2,1-2H3,(H,18,24,25). The van der Waals surface area contributed by atoms with Gasteiger partial charge in [-0.2, -0.15) is 5.10 Å². The molecule has 3 rings (SSSR count). The molecular weight excluding hydrogens is 356 g/mol. The van der Waals surface area contributed by atoms with E-state index < -0.39 is 17.4 Å². The second-order valence-electron chi connectivity index (χ2n) is 6.10. The second-order valence-corrected chi connectivity index (χ2v) is 7.11. The molecule has 8 nitrogen and oxygen atoms in total. The molecule has 0 saturated carbocycles. The van der Waals surface area contributed by atoms with Gasteiger partial charge in [0.15, 0.2) is 5.52 Å². The topological polar surface area (TPSA) is 113 Å². The van der Waals surface area contributed by atoms with E-state index >= 15 is 0 Å². The maximum Gasteiger partial charge on any atom is 0.329 e. The van der Waals surface area contributed by atoms with Crippen LogP contribution in [0.1, 0.15) is 11.1 Å². The van der Waals surface area contributed by atoms with Crippen molar-refractivity contribution in [3.8, 4) is 0 Å². The van der Waals surface area contributed by atoms with Crippen LogP contribution in [-0.2, 0) is 13.6 Å². The molecule has 0 amide bonds. The van der Waals surface area contributed by atoms with Gasteiger partial charge in [0.05, 0.1) is 19.3 Å². The van der Waals surface area contributed by atoms with E-state index in [1.165, 1.54) is 21.0 Å². The Morgan fingerprint density at radius 2 is 1.92 bits per heavy atom. The molecule has 0 spiro atoms. The number of benzene rings is 1. The third-order valence-electron chi connectivity index (χ3n) is 4.03. The minimum atomic E-state index is -0.906. The van der Waals surface area contributed by atoms with Gasteiger partial charge in [-0.25, -0.2) is 4.79 Å². The summed E-state index contributed by atoms with van der Waals surface area (Å²) in [7, 11) is 1.63. The van der Waals surface area contributed by atoms with Gasteiger partial charge in [-0.05, 0) is 12.5 Å². The van der Waals surface area contributed by atoms with Crippen LogP contribution in [-0.4, -0.2) is 48.0 Å². The third kappa shape index (κ3) is 3.59. The van der Waals surface area contributed by atoms with E-state index in [2.05, 4.69) is 10.1 Å². The highest BCUT2D eigenvalue weighted by Gasteiger charge is 2.19. The zero-order valence-electron chi connectivity index (χ0n) is 14.5. The van der Waals surface area contributed by atoms with Gasteiger partial charge in [-0.3, -0.25) is 19.0 Å². The number of fused-ring (bicyclic) bond motifs is 1. The second kappa shape index (κ2) is 7.48. The predicted octanol–water partition coefficient (Wildman–Crippen LogP) is 0.225. The van der Waals surface area contributed by atoms with Crippen LogP contribution in [0.4, 0.5) is 0 Å². The number of aliphatic hydroxyl groups is 2. The SMILES string of the molecule is Cc1ccc(Cn2c(=O)[nH]c(=O)c3c2c(SCC(O)CO)nn3C)cc1. The number of aliphatic hydroxyl groups excluding tert-OH is 2. The van der Waals surface area contributed by atoms with Crippen molar-refractivity contribution >= 4 is 22.8 Å². The van der Waals surface area contributed by atoms with E-state index in [-0.39, 0.29) is 24.4 Å². The molecule has 0 radical (unpaired) electrons. The molecule has 3 aromatic rings. The number of nitrogens with one attached hydrogen (secondary N) is 1. The summed E-state index contributed by atoms with van der Waals surface area (Å²) in [6.45, 7) is 1.90. The van der Waals surface area contributed by atoms with E-state index in [4.69, 9.17) is 5.11 Å². The highest BCUT2D eigenvalue weighted by atomic mass is 32.2. The first-order chi connectivity index (χ1) is 12.4. The zero-order valence-corrected chi connectivity index (χ0v) is 15.3. The number of hydrogen-bond donors (Lipinski definition) is 3. The van der Waals surface area contributed by atoms with Gasteiger partial charge < -0.3 is 10.2 Å². The lowest BCUT2D eigenvalue weighted by Crippen LogP contribution is -2.31. The van der Waals surface area contributed by atoms with Crippen LogP contribution < -0.4 is 11.2 Å². The minimum Gasteiger partial charge on any atom is -0.394 e. The Bertz CT molecular complexity index is 1040. The summed E-state index contributed by atoms with van der Waals surface area (Å²) < 4.78 is 2.90. The van der Waals surface area contributed by atoms with Gasteiger partial charge in [0, 0.05) is 12.8 Å². The summed E-state index contributed by atoms with van der Waals surface area (Å²) in [4.78, 5) is 27.0. The van der Waals surface area contributed by atoms with E-state index in [9.17, 15) is 14.7 Å². The molecule has 0 aliphatic heterocycles. The van der Waals surface area contributed by atoms with E-state index in [1.54, 1.807) is 7.05 Å². The van der Waals surface area contributed by atoms with Gasteiger partial charge in [-0.15, -0.1) is 0 Å². The quantitative estimate of drug-likeness (QED) is 0.531. The summed E-state index contributed by atoms with van der Waals surface area (Å²) in [5.74, 6) is 0.203. The van der Waals surface area contributed by atoms with Crippen LogP contribution in [0.15, 0.2) is 38.9 Å². The lowest BCUT2D eigenvalue weighted by atomic mass is 10.1. The van der Waals surface area contributed by atoms with Gasteiger partial charge in [0.1, 0.15) is 10.5 Å². The van der Waals surface area contributed by atoms with Crippen LogP contribution in [0, 0.1) is 6.92 Å². The van der Waals surface area contributed by atoms with Gasteiger partial charge in [0.25, 0.3) is 5.56 Å². The molecular formula is C17H20N4O4S. The lowest BCUT2D eigenvalue weighted by molar-refractivity contribution is 0.113. The monoisotopic (exact) mass is 376 g/mol. The fourth-order valence-electron chi connectivity index (χ4n) is 2.66. The summed E-state index contributed by atoms with van der Waals surface area (Å²) in [6.07, 6.45) is -0.906. The molecule has 1 unspecified atom stereocenters. The predicted molar refractivity (Wildman–Crippen MR) is 99.7 cm³/mol. The van der Waals surface area contributed by atoms with Crippen molar-refractivity contribution in [2.45, 2.75) is 24.6 Å². The largest absolute Gasteiger partial charge is 0.394 e. The van der Waals surface area contributed by atoms with Crippen LogP contribution in [0.3, 0.4) is 0 Å². The van der Waals surface area contributed by atoms with Crippen LogP contribution in [0.2, 0.25) is 0 Å². The normalized spacial score (nSPS) is 12.6. The number of aromatic amines is 1. The molecule has 1 aromatic carbocycles. The van der Waals surface area contributed by atoms with Crippen LogP contribution in [0.25, 0.3) is 11.0 Å². The zero-order chi connectivity index (χ0) is 18.8. The number of aromatic nitrogens is 4. The minimum absolute atomic E-state index is 0.203. The molecule has 2 heterocycles. The molecule has 2 aromatic heterocycles. The molecule has 1 atom stereocenters. The molecule has 138 valence electrons. The highest BCUT2D eigenvalue weighted by molar-refractivity contribution is 7.99. The van der Waals surface area contributed by atoms with Crippen LogP contribution >= 0.6 is 11.8 Å². The Kier molecular flexibility index (Phi) is 5.30. The molecule has 26 heavy (non-hydrogen) atoms. The Morgan fingerprint density at radius 1 is 1.23 bits per heavy atom. The molecule has 0 bridgehead atoms. The fourth-order valence-corrected chi connectivity index (χ4v) is 3.64. The third-order valence-corrected chi connectivity index (χ3v) is 5.13. The van der Waals surface area contributed by atoms with Crippen molar-refractivity contribution < 1.29 is 10.2 Å². The molecule has 9 heteroatoms. The molecule has 3 N–H and O–H groups in total. The van der Waals surface area contributed by atoms with E-state index in [0.717, 1.165) is 11.1 Å². The van der Waals surface area contributed by atoms with E-state index in [1.807, 2.05) is 31.2 Å². The average Bonchev–Trinajstić information content (AvgIpc) is 2.94. The molecule has 0 fully saturated rings. The highest BCUT2D eigenvalue weighted by Crippen LogP contribution is 2.25. The number of aryl methyl sites for hydroxylation is 2. The number of nitrogens with zero attached hydrogens (tertiary/aromatic N) is 3. The van der Waals surface area contributed by atoms with Gasteiger partial charge in [0.2, 0.25) is 0 Å². The first-order valence-corrected chi connectivity index (χ1v) is 9.06. The number of H-pyrrole nitrogens is 1. The first-order valence-electron chi connectivity index (χ1n) is 8.07. The number of rotatable bonds is 6. The summed E-state index contributed by atoms with van der Waals surface area (Å²) in [5, 5.41) is 23.4. The Labute approximate surface area is 153 Å². The summed E-state index contributed by atoms with van der Waals surface area (Å²) >= 11 is 1.19. The van der Waals surface area contributed by atoms with Crippen molar-refractivity contribution in [3.05, 3.63) is 56.2 Å². The fraction of sp³-hybridized carbons (Fsp3) is 0.353. The Morgan fingerprint density at radius 3 is 2.58 bits per heavy atom. The molecule has 0 aliphatic carbocycles. The number of hydrogen-bond acceptors (Lipinski definition) is 6. The van der Waals surface area contributed by atoms with Gasteiger partial charge in [-0.1, -0.05) is 41.6 Å². The van der Waals surface area contributed by atoms with Gasteiger partial charge >= 0.3 is 5.69 Å².